The van der Waals surface area contributed by atoms with Gasteiger partial charge in [-0.1, -0.05) is 250 Å². The molecule has 0 aromatic heterocycles. The number of anilines is 3. The van der Waals surface area contributed by atoms with E-state index in [1.807, 2.05) is 319 Å². The Labute approximate surface area is 801 Å². The number of cyclic esters (lactones) is 1. The number of hydrogen-bond acceptors (Lipinski definition) is 17. The minimum Gasteiger partial charge on any atom is -0.662 e. The normalized spacial score (nSPS) is 12.3. The zero-order valence-corrected chi connectivity index (χ0v) is 87.5. The number of nitrogens with one attached hydrogen (secondary N) is 1. The Balaban J connectivity index is -0.0000000913. The number of nitrogen functional groups attached to an aromatic ring is 1. The van der Waals surface area contributed by atoms with E-state index in [-0.39, 0.29) is 205 Å². The van der Waals surface area contributed by atoms with E-state index < -0.39 is 18.7 Å². The van der Waals surface area contributed by atoms with Gasteiger partial charge < -0.3 is 70.8 Å². The summed E-state index contributed by atoms with van der Waals surface area (Å²) >= 11 is 15.4. The molecule has 0 saturated carbocycles. The number of aryl methyl sites for hydroxylation is 3. The fourth-order valence-corrected chi connectivity index (χ4v) is 7.38. The Morgan fingerprint density at radius 1 is 0.624 bits per heavy atom. The number of carbonyl (C=O) groups is 4. The number of esters is 1. The van der Waals surface area contributed by atoms with E-state index in [1.165, 1.54) is 0 Å². The number of nitrogens with two attached hydrogens (primary N) is 2. The fourth-order valence-electron chi connectivity index (χ4n) is 7.24. The molecule has 1 amide bonds. The number of hydrogen-bond donors (Lipinski definition) is 6. The number of para-hydroxylation sites is 9. The molecule has 2 saturated heterocycles. The van der Waals surface area contributed by atoms with Crippen molar-refractivity contribution in [2.45, 2.75) is 218 Å². The van der Waals surface area contributed by atoms with Gasteiger partial charge in [-0.3, -0.25) is 23.6 Å². The molecule has 621 valence electrons. The van der Waals surface area contributed by atoms with Crippen LogP contribution in [-0.4, -0.2) is 179 Å². The van der Waals surface area contributed by atoms with E-state index in [1.54, 1.807) is 4.90 Å². The molecule has 1 unspecified atom stereocenters. The molecule has 109 heavy (non-hydrogen) atoms. The molecular formula is C84H144Cl4Cs2FN4O14. The number of nitrogens with zero attached hydrogens (tertiary/aromatic N) is 1. The SMILES string of the molecule is CC.CC.CC.CC.CC.CC.CC.CC.CC.CC.C[C@H]1CCOC1O.Cc1ccccc1Oc1ccccc1N.Cc1ccccc1Oc1ccccc1N(C[C@@H](C)CCO)C(=O)CCl.Cc1ccccc1Oc1ccccc1NC[C@@H](C)CCO.Cl.N[C@H]1CCOC1=O.O=C(Cl)CCl.O=CO[O-].[2H]CF.[Cs+].[Cs]. The van der Waals surface area contributed by atoms with Gasteiger partial charge >= 0.3 is 74.9 Å². The number of amides is 1. The molecule has 2 aliphatic heterocycles. The first-order chi connectivity index (χ1) is 51.7. The number of alkyl halides is 3. The topological polar surface area (TPSA) is 275 Å². The van der Waals surface area contributed by atoms with Crippen molar-refractivity contribution in [1.29, 1.82) is 0 Å². The Morgan fingerprint density at radius 2 is 0.963 bits per heavy atom. The Kier molecular flexibility index (Phi) is 128. The third-order valence-electron chi connectivity index (χ3n) is 12.2. The van der Waals surface area contributed by atoms with Gasteiger partial charge in [-0.05, 0) is 135 Å². The van der Waals surface area contributed by atoms with Crippen LogP contribution in [0.1, 0.15) is 203 Å². The monoisotopic (exact) mass is 1860 g/mol. The number of benzene rings is 6. The first-order valence-electron chi connectivity index (χ1n) is 38.0. The van der Waals surface area contributed by atoms with Gasteiger partial charge in [0.25, 0.3) is 6.47 Å². The van der Waals surface area contributed by atoms with Crippen molar-refractivity contribution in [3.8, 4) is 34.5 Å². The summed E-state index contributed by atoms with van der Waals surface area (Å²) in [6.45, 7) is 54.8. The summed E-state index contributed by atoms with van der Waals surface area (Å²) in [5, 5.41) is 38.2. The number of halogens is 5. The summed E-state index contributed by atoms with van der Waals surface area (Å²) in [5.74, 6) is 4.84. The molecule has 25 heteroatoms. The van der Waals surface area contributed by atoms with E-state index >= 15 is 0 Å². The molecule has 2 heterocycles. The zero-order valence-electron chi connectivity index (χ0n) is 72.9. The van der Waals surface area contributed by atoms with Gasteiger partial charge in [-0.25, -0.2) is 0 Å². The molecule has 8 rings (SSSR count). The average Bonchev–Trinajstić information content (AvgIpc) is 1.55. The van der Waals surface area contributed by atoms with Gasteiger partial charge in [-0.2, -0.15) is 0 Å². The number of rotatable bonds is 19. The Morgan fingerprint density at radius 3 is 1.27 bits per heavy atom. The van der Waals surface area contributed by atoms with Crippen LogP contribution in [0.3, 0.4) is 0 Å². The summed E-state index contributed by atoms with van der Waals surface area (Å²) in [6, 6.07) is 46.1. The van der Waals surface area contributed by atoms with Crippen molar-refractivity contribution in [1.82, 2.24) is 0 Å². The van der Waals surface area contributed by atoms with Crippen LogP contribution < -0.4 is 110 Å². The molecule has 18 nitrogen and oxygen atoms in total. The third kappa shape index (κ3) is 74.0. The molecule has 5 atom stereocenters. The van der Waals surface area contributed by atoms with Crippen molar-refractivity contribution in [2.75, 3.05) is 74.4 Å². The van der Waals surface area contributed by atoms with E-state index in [0.717, 1.165) is 71.4 Å². The van der Waals surface area contributed by atoms with Crippen LogP contribution in [0.2, 0.25) is 0 Å². The molecule has 1 radical (unpaired) electrons. The predicted octanol–water partition coefficient (Wildman–Crippen LogP) is 18.9. The molecule has 6 aromatic rings. The fraction of sp³-hybridized carbons (Fsp3) is 0.524. The van der Waals surface area contributed by atoms with Crippen LogP contribution in [0.15, 0.2) is 146 Å². The van der Waals surface area contributed by atoms with Crippen molar-refractivity contribution >= 4 is 157 Å². The van der Waals surface area contributed by atoms with E-state index in [4.69, 9.17) is 92.0 Å². The molecule has 8 N–H and O–H groups in total. The van der Waals surface area contributed by atoms with Gasteiger partial charge in [0.2, 0.25) is 11.1 Å². The minimum atomic E-state index is -1.00. The predicted molar refractivity (Wildman–Crippen MR) is 462 cm³/mol. The largest absolute Gasteiger partial charge is 1.00 e. The maximum Gasteiger partial charge on any atom is 1.00 e. The summed E-state index contributed by atoms with van der Waals surface area (Å²) < 4.78 is 42.6. The van der Waals surface area contributed by atoms with E-state index in [2.05, 4.69) is 21.9 Å². The molecule has 0 aliphatic carbocycles. The minimum absolute atomic E-state index is 0. The second-order valence-electron chi connectivity index (χ2n) is 19.1. The maximum atomic E-state index is 12.4. The summed E-state index contributed by atoms with van der Waals surface area (Å²) in [5.41, 5.74) is 16.5. The average molecular weight is 1860 g/mol. The van der Waals surface area contributed by atoms with Crippen LogP contribution in [0.25, 0.3) is 0 Å². The number of ether oxygens (including phenoxy) is 5. The van der Waals surface area contributed by atoms with Crippen LogP contribution >= 0.6 is 47.2 Å². The Hall–Kier alpha value is -2.65. The third-order valence-corrected chi connectivity index (χ3v) is 12.9. The van der Waals surface area contributed by atoms with Crippen LogP contribution in [0, 0.1) is 38.5 Å². The quantitative estimate of drug-likeness (QED) is 0.00836. The number of aliphatic hydroxyl groups excluding tert-OH is 3. The van der Waals surface area contributed by atoms with Gasteiger partial charge in [0.15, 0.2) is 17.8 Å². The number of carbonyl (C=O) groups excluding carboxylic acids is 4. The van der Waals surface area contributed by atoms with Crippen LogP contribution in [0.5, 0.6) is 34.5 Å². The van der Waals surface area contributed by atoms with Crippen LogP contribution in [-0.2, 0) is 33.5 Å². The first-order valence-corrected chi connectivity index (χ1v) is 38.8. The van der Waals surface area contributed by atoms with Crippen molar-refractivity contribution < 1.29 is 143 Å². The zero-order chi connectivity index (χ0) is 84.9. The molecule has 2 fully saturated rings. The molecule has 6 aromatic carbocycles. The van der Waals surface area contributed by atoms with Crippen molar-refractivity contribution in [3.05, 3.63) is 162 Å². The maximum absolute atomic E-state index is 12.4. The Bertz CT molecular complexity index is 2840. The standard InChI is InChI=1S/C20H24ClNO3.C18H23NO2.C13H13NO.C5H10O2.C4H7NO2.C2H2Cl2O.10C2H6.CH3F.CH2O3.ClH.2Cs/c1-15(11-12-23)14-22(20(24)13-21)17-8-4-6-10-19(17)25-18-9-5-3-7-16(18)2;1-14(11-12-20)13-19-16-8-4-6-10-18(16)21-17-9-5-3-7-15(17)2;1-10-6-2-4-8-12(10)15-13-9-5-3-7-11(13)14;1-4-2-3-7-5(4)6;5-3-1-2-7-4(3)6;3-1-2(4)5;11*1-2;2-1-4-3;;;/h3-10,15,23H,11-14H2,1-2H3;3-10,14,19-20H,11-13H2,1-2H3;2-9H,14H2,1H3;4-6H,2-3H2,1H3;3H,1-2,5H2;1H2;10*1-2H3;1H3;1,3H;1H;;/q;;;;;;;;;;;;;;;;;;;;+1/p-1/t15-;14-;;4-,5?;3-;;;;;;;;;;;;;;;;/m00.00................/s1/i;;;;;;;;;;;;;;;;1D;;;;. The van der Waals surface area contributed by atoms with Gasteiger partial charge in [-0.15, -0.1) is 35.6 Å². The number of aliphatic hydroxyl groups is 3. The van der Waals surface area contributed by atoms with Gasteiger partial charge in [0.1, 0.15) is 34.9 Å². The first kappa shape index (κ1) is 133. The van der Waals surface area contributed by atoms with Crippen LogP contribution in [0.4, 0.5) is 21.5 Å². The van der Waals surface area contributed by atoms with Gasteiger partial charge in [0, 0.05) is 108 Å². The van der Waals surface area contributed by atoms with E-state index in [0.29, 0.717) is 60.7 Å². The summed E-state index contributed by atoms with van der Waals surface area (Å²) in [6.07, 6.45) is 2.61. The van der Waals surface area contributed by atoms with Gasteiger partial charge in [0.05, 0.1) is 44.7 Å². The van der Waals surface area contributed by atoms with Crippen molar-refractivity contribution in [2.24, 2.45) is 23.5 Å². The summed E-state index contributed by atoms with van der Waals surface area (Å²) in [4.78, 5) is 45.0. The molecular weight excluding hydrogens is 1720 g/mol. The van der Waals surface area contributed by atoms with E-state index in [9.17, 15) is 18.8 Å². The smallest absolute Gasteiger partial charge is 0.662 e. The molecule has 2 aliphatic rings. The second-order valence-corrected chi connectivity index (χ2v) is 20.1. The second kappa shape index (κ2) is 105. The molecule has 0 spiro atoms. The van der Waals surface area contributed by atoms with Crippen molar-refractivity contribution in [3.63, 3.8) is 0 Å². The summed E-state index contributed by atoms with van der Waals surface area (Å²) in [7, 11) is -1.00. The molecule has 0 bridgehead atoms.